The fourth-order valence-corrected chi connectivity index (χ4v) is 3.22. The van der Waals surface area contributed by atoms with E-state index in [-0.39, 0.29) is 18.1 Å². The molecule has 0 amide bonds. The van der Waals surface area contributed by atoms with Crippen molar-refractivity contribution in [2.45, 2.75) is 44.8 Å². The van der Waals surface area contributed by atoms with E-state index in [1.165, 1.54) is 0 Å². The summed E-state index contributed by atoms with van der Waals surface area (Å²) in [4.78, 5) is 19.6. The monoisotopic (exact) mass is 342 g/mol. The molecule has 1 saturated carbocycles. The quantitative estimate of drug-likeness (QED) is 0.593. The lowest BCUT2D eigenvalue weighted by atomic mass is 10.1. The van der Waals surface area contributed by atoms with Crippen LogP contribution in [-0.4, -0.2) is 41.3 Å². The lowest BCUT2D eigenvalue weighted by Gasteiger charge is -2.18. The Morgan fingerprint density at radius 2 is 2.40 bits per heavy atom. The van der Waals surface area contributed by atoms with Crippen molar-refractivity contribution in [2.24, 2.45) is 0 Å². The van der Waals surface area contributed by atoms with Gasteiger partial charge in [-0.25, -0.2) is 9.78 Å². The lowest BCUT2D eigenvalue weighted by molar-refractivity contribution is 0.0527. The van der Waals surface area contributed by atoms with Crippen LogP contribution in [0.25, 0.3) is 11.0 Å². The highest BCUT2D eigenvalue weighted by atomic mass is 16.5. The molecule has 25 heavy (non-hydrogen) atoms. The molecule has 3 rings (SSSR count). The van der Waals surface area contributed by atoms with Crippen LogP contribution in [0.3, 0.4) is 0 Å². The molecule has 1 aliphatic carbocycles. The molecule has 2 unspecified atom stereocenters. The first-order valence-corrected chi connectivity index (χ1v) is 8.61. The molecule has 2 aromatic rings. The van der Waals surface area contributed by atoms with E-state index in [9.17, 15) is 4.79 Å². The second-order valence-electron chi connectivity index (χ2n) is 6.06. The van der Waals surface area contributed by atoms with Gasteiger partial charge in [-0.3, -0.25) is 0 Å². The zero-order valence-corrected chi connectivity index (χ0v) is 14.2. The van der Waals surface area contributed by atoms with E-state index in [2.05, 4.69) is 21.4 Å². The number of H-pyrrole nitrogens is 1. The number of aromatic amines is 1. The van der Waals surface area contributed by atoms with Gasteiger partial charge in [-0.05, 0) is 32.3 Å². The van der Waals surface area contributed by atoms with E-state index in [0.717, 1.165) is 36.0 Å². The summed E-state index contributed by atoms with van der Waals surface area (Å²) in [6.45, 7) is 2.58. The van der Waals surface area contributed by atoms with Gasteiger partial charge >= 0.3 is 5.97 Å². The number of ether oxygens (including phenoxy) is 2. The molecule has 0 saturated heterocycles. The molecule has 2 aromatic heterocycles. The maximum atomic E-state index is 12.3. The molecule has 0 aliphatic heterocycles. The topological polar surface area (TPSA) is 100 Å². The average Bonchev–Trinajstić information content (AvgIpc) is 3.25. The minimum atomic E-state index is -0.375. The highest BCUT2D eigenvalue weighted by molar-refractivity contribution is 6.04. The number of esters is 1. The number of nitrogens with one attached hydrogen (secondary N) is 2. The zero-order valence-electron chi connectivity index (χ0n) is 14.2. The summed E-state index contributed by atoms with van der Waals surface area (Å²) in [6.07, 6.45) is 6.67. The second kappa shape index (κ2) is 7.99. The molecule has 0 spiro atoms. The number of nitriles is 1. The number of carbonyl (C=O) groups excluding carboxylic acids is 1. The molecule has 2 heterocycles. The minimum Gasteiger partial charge on any atom is -0.462 e. The number of hydrogen-bond donors (Lipinski definition) is 2. The summed E-state index contributed by atoms with van der Waals surface area (Å²) < 4.78 is 10.9. The second-order valence-corrected chi connectivity index (χ2v) is 6.06. The van der Waals surface area contributed by atoms with Gasteiger partial charge in [0.25, 0.3) is 0 Å². The van der Waals surface area contributed by atoms with E-state index < -0.39 is 0 Å². The van der Waals surface area contributed by atoms with Crippen LogP contribution < -0.4 is 5.32 Å². The molecule has 7 heteroatoms. The van der Waals surface area contributed by atoms with Crippen molar-refractivity contribution in [3.8, 4) is 6.07 Å². The number of anilines is 1. The summed E-state index contributed by atoms with van der Waals surface area (Å²) >= 11 is 0. The van der Waals surface area contributed by atoms with Crippen LogP contribution in [0, 0.1) is 11.3 Å². The first kappa shape index (κ1) is 17.2. The molecule has 2 atom stereocenters. The Bertz CT molecular complexity index is 780. The first-order valence-electron chi connectivity index (χ1n) is 8.61. The van der Waals surface area contributed by atoms with E-state index in [1.807, 2.05) is 6.07 Å². The predicted molar refractivity (Wildman–Crippen MR) is 93.3 cm³/mol. The van der Waals surface area contributed by atoms with Crippen LogP contribution in [0.15, 0.2) is 18.5 Å². The van der Waals surface area contributed by atoms with Crippen LogP contribution in [0.2, 0.25) is 0 Å². The molecule has 1 fully saturated rings. The summed E-state index contributed by atoms with van der Waals surface area (Å²) in [5.41, 5.74) is 1.94. The molecule has 132 valence electrons. The van der Waals surface area contributed by atoms with Gasteiger partial charge in [-0.15, -0.1) is 0 Å². The average molecular weight is 342 g/mol. The van der Waals surface area contributed by atoms with Gasteiger partial charge in [0.2, 0.25) is 0 Å². The molecule has 7 nitrogen and oxygen atoms in total. The van der Waals surface area contributed by atoms with Crippen LogP contribution in [-0.2, 0) is 9.47 Å². The minimum absolute atomic E-state index is 0.153. The van der Waals surface area contributed by atoms with Crippen molar-refractivity contribution >= 4 is 22.7 Å². The Morgan fingerprint density at radius 1 is 1.52 bits per heavy atom. The first-order chi connectivity index (χ1) is 12.2. The zero-order chi connectivity index (χ0) is 17.6. The Balaban J connectivity index is 1.76. The Kier molecular flexibility index (Phi) is 5.51. The van der Waals surface area contributed by atoms with E-state index in [1.54, 1.807) is 19.3 Å². The number of aromatic nitrogens is 2. The fraction of sp³-hybridized carbons (Fsp3) is 0.500. The predicted octanol–water partition coefficient (Wildman–Crippen LogP) is 3.00. The third-order valence-electron chi connectivity index (χ3n) is 4.38. The highest BCUT2D eigenvalue weighted by Crippen LogP contribution is 2.31. The van der Waals surface area contributed by atoms with Crippen LogP contribution in [0.1, 0.15) is 43.0 Å². The van der Waals surface area contributed by atoms with E-state index >= 15 is 0 Å². The van der Waals surface area contributed by atoms with Gasteiger partial charge in [0.15, 0.2) is 0 Å². The van der Waals surface area contributed by atoms with Crippen molar-refractivity contribution in [2.75, 3.05) is 18.5 Å². The number of pyridine rings is 1. The third-order valence-corrected chi connectivity index (χ3v) is 4.38. The van der Waals surface area contributed by atoms with Gasteiger partial charge in [0.1, 0.15) is 11.2 Å². The molecule has 0 radical (unpaired) electrons. The molecular weight excluding hydrogens is 320 g/mol. The third kappa shape index (κ3) is 3.91. The highest BCUT2D eigenvalue weighted by Gasteiger charge is 2.27. The van der Waals surface area contributed by atoms with Crippen molar-refractivity contribution < 1.29 is 14.3 Å². The van der Waals surface area contributed by atoms with E-state index in [4.69, 9.17) is 14.7 Å². The number of rotatable bonds is 7. The maximum absolute atomic E-state index is 12.3. The van der Waals surface area contributed by atoms with Gasteiger partial charge in [-0.1, -0.05) is 0 Å². The van der Waals surface area contributed by atoms with Crippen LogP contribution in [0.4, 0.5) is 5.69 Å². The Hall–Kier alpha value is -2.59. The normalized spacial score (nSPS) is 19.7. The maximum Gasteiger partial charge on any atom is 0.341 e. The SMILES string of the molecule is CCOC(=O)c1cnc2[nH]ccc2c1NC1CCC(OCCC#N)C1. The van der Waals surface area contributed by atoms with Crippen molar-refractivity contribution in [3.05, 3.63) is 24.0 Å². The van der Waals surface area contributed by atoms with Crippen LogP contribution in [0.5, 0.6) is 0 Å². The largest absolute Gasteiger partial charge is 0.462 e. The summed E-state index contributed by atoms with van der Waals surface area (Å²) in [7, 11) is 0. The molecule has 1 aliphatic rings. The van der Waals surface area contributed by atoms with Gasteiger partial charge < -0.3 is 19.8 Å². The summed E-state index contributed by atoms with van der Waals surface area (Å²) in [5.74, 6) is -0.375. The lowest BCUT2D eigenvalue weighted by Crippen LogP contribution is -2.20. The summed E-state index contributed by atoms with van der Waals surface area (Å²) in [5, 5.41) is 13.0. The van der Waals surface area contributed by atoms with Crippen molar-refractivity contribution in [1.82, 2.24) is 9.97 Å². The van der Waals surface area contributed by atoms with Gasteiger partial charge in [-0.2, -0.15) is 5.26 Å². The van der Waals surface area contributed by atoms with Gasteiger partial charge in [0.05, 0.1) is 37.5 Å². The van der Waals surface area contributed by atoms with Crippen LogP contribution >= 0.6 is 0 Å². The smallest absolute Gasteiger partial charge is 0.341 e. The number of fused-ring (bicyclic) bond motifs is 1. The number of hydrogen-bond acceptors (Lipinski definition) is 6. The molecular formula is C18H22N4O3. The Morgan fingerprint density at radius 3 is 3.20 bits per heavy atom. The molecule has 0 aromatic carbocycles. The molecule has 2 N–H and O–H groups in total. The Labute approximate surface area is 146 Å². The fourth-order valence-electron chi connectivity index (χ4n) is 3.22. The molecule has 0 bridgehead atoms. The number of carbonyl (C=O) groups is 1. The van der Waals surface area contributed by atoms with Crippen molar-refractivity contribution in [3.63, 3.8) is 0 Å². The van der Waals surface area contributed by atoms with Crippen molar-refractivity contribution in [1.29, 1.82) is 5.26 Å². The number of nitrogens with zero attached hydrogens (tertiary/aromatic N) is 2. The van der Waals surface area contributed by atoms with E-state index in [0.29, 0.717) is 25.2 Å². The van der Waals surface area contributed by atoms with Gasteiger partial charge in [0, 0.05) is 23.8 Å². The summed E-state index contributed by atoms with van der Waals surface area (Å²) in [6, 6.07) is 4.20. The standard InChI is InChI=1S/C18H22N4O3/c1-2-24-18(23)15-11-21-17-14(6-8-20-17)16(15)22-12-4-5-13(10-12)25-9-3-7-19/h6,8,11-13H,2-5,9-10H2,1H3,(H2,20,21,22).